The lowest BCUT2D eigenvalue weighted by Crippen LogP contribution is -2.26. The molecule has 2 aromatic heterocycles. The van der Waals surface area contributed by atoms with Crippen LogP contribution in [0.4, 0.5) is 5.69 Å². The van der Waals surface area contributed by atoms with Gasteiger partial charge < -0.3 is 18.3 Å². The van der Waals surface area contributed by atoms with Gasteiger partial charge in [0.25, 0.3) is 5.91 Å². The summed E-state index contributed by atoms with van der Waals surface area (Å²) in [4.78, 5) is 17.1. The average molecular weight is 569 g/mol. The minimum Gasteiger partial charge on any atom is -0.497 e. The molecule has 0 aliphatic heterocycles. The number of methoxy groups -OCH3 is 1. The molecule has 1 amide bonds. The van der Waals surface area contributed by atoms with Gasteiger partial charge in [-0.3, -0.25) is 4.79 Å². The Hall–Kier alpha value is -3.34. The summed E-state index contributed by atoms with van der Waals surface area (Å²) in [6, 6.07) is 13.5. The SMILES string of the molecule is COc1ccc(Oc2cc(NI)c3ncc(-c4ccc(C(=O)NC5CC5)c(C)c4)n3n2)c(C)c1. The number of nitrogens with one attached hydrogen (secondary N) is 2. The van der Waals surface area contributed by atoms with Gasteiger partial charge >= 0.3 is 0 Å². The standard InChI is InChI=1S/C25H24IN5O3/c1-14-10-16(4-8-19(14)25(32)28-17-5-6-17)21-13-27-24-20(29-26)12-23(30-31(21)24)34-22-9-7-18(33-3)11-15(22)2/h4,7-13,17,29H,5-6H2,1-3H3,(H,28,32). The Morgan fingerprint density at radius 1 is 1.12 bits per heavy atom. The minimum atomic E-state index is -0.0234. The molecule has 2 N–H and O–H groups in total. The third kappa shape index (κ3) is 4.39. The van der Waals surface area contributed by atoms with Gasteiger partial charge in [0.05, 0.1) is 47.6 Å². The van der Waals surface area contributed by atoms with Gasteiger partial charge in [-0.05, 0) is 68.1 Å². The lowest BCUT2D eigenvalue weighted by Gasteiger charge is -2.12. The molecule has 0 saturated heterocycles. The first-order valence-corrected chi connectivity index (χ1v) is 12.0. The second-order valence-electron chi connectivity index (χ2n) is 8.38. The summed E-state index contributed by atoms with van der Waals surface area (Å²) >= 11 is 2.07. The number of hydrogen-bond donors (Lipinski definition) is 2. The summed E-state index contributed by atoms with van der Waals surface area (Å²) in [5.74, 6) is 1.86. The van der Waals surface area contributed by atoms with Crippen LogP contribution in [0.2, 0.25) is 0 Å². The number of ether oxygens (including phenoxy) is 2. The number of nitrogens with zero attached hydrogens (tertiary/aromatic N) is 3. The van der Waals surface area contributed by atoms with Gasteiger partial charge in [-0.15, -0.1) is 5.10 Å². The molecule has 1 aliphatic rings. The molecule has 34 heavy (non-hydrogen) atoms. The molecule has 0 bridgehead atoms. The van der Waals surface area contributed by atoms with Gasteiger partial charge in [0, 0.05) is 23.2 Å². The maximum Gasteiger partial charge on any atom is 0.251 e. The largest absolute Gasteiger partial charge is 0.497 e. The van der Waals surface area contributed by atoms with Crippen LogP contribution in [0.5, 0.6) is 17.4 Å². The zero-order chi connectivity index (χ0) is 23.8. The van der Waals surface area contributed by atoms with Crippen molar-refractivity contribution < 1.29 is 14.3 Å². The first-order valence-electron chi connectivity index (χ1n) is 11.0. The number of carbonyl (C=O) groups excluding carboxylic acids is 1. The summed E-state index contributed by atoms with van der Waals surface area (Å²) < 4.78 is 16.3. The van der Waals surface area contributed by atoms with Crippen molar-refractivity contribution in [3.05, 3.63) is 65.4 Å². The van der Waals surface area contributed by atoms with E-state index in [4.69, 9.17) is 14.6 Å². The average Bonchev–Trinajstić information content (AvgIpc) is 3.54. The summed E-state index contributed by atoms with van der Waals surface area (Å²) in [7, 11) is 1.64. The Kier molecular flexibility index (Phi) is 6.03. The van der Waals surface area contributed by atoms with Crippen LogP contribution in [0.3, 0.4) is 0 Å². The van der Waals surface area contributed by atoms with Crippen molar-refractivity contribution in [3.8, 4) is 28.6 Å². The summed E-state index contributed by atoms with van der Waals surface area (Å²) in [6.45, 7) is 3.90. The highest BCUT2D eigenvalue weighted by molar-refractivity contribution is 14.1. The molecule has 1 fully saturated rings. The highest BCUT2D eigenvalue weighted by Crippen LogP contribution is 2.32. The van der Waals surface area contributed by atoms with E-state index in [0.717, 1.165) is 46.7 Å². The lowest BCUT2D eigenvalue weighted by molar-refractivity contribution is 0.0950. The van der Waals surface area contributed by atoms with E-state index in [1.807, 2.05) is 56.3 Å². The van der Waals surface area contributed by atoms with E-state index in [0.29, 0.717) is 28.9 Å². The third-order valence-electron chi connectivity index (χ3n) is 5.82. The Morgan fingerprint density at radius 2 is 1.94 bits per heavy atom. The third-order valence-corrected chi connectivity index (χ3v) is 6.40. The summed E-state index contributed by atoms with van der Waals surface area (Å²) in [6.07, 6.45) is 3.90. The van der Waals surface area contributed by atoms with Crippen LogP contribution < -0.4 is 18.3 Å². The molecule has 2 heterocycles. The topological polar surface area (TPSA) is 89.8 Å². The quantitative estimate of drug-likeness (QED) is 0.227. The number of aryl methyl sites for hydroxylation is 2. The van der Waals surface area contributed by atoms with Crippen LogP contribution in [0.1, 0.15) is 34.3 Å². The van der Waals surface area contributed by atoms with Crippen molar-refractivity contribution in [1.82, 2.24) is 19.9 Å². The van der Waals surface area contributed by atoms with E-state index < -0.39 is 0 Å². The van der Waals surface area contributed by atoms with E-state index in [1.54, 1.807) is 17.8 Å². The number of imidazole rings is 1. The summed E-state index contributed by atoms with van der Waals surface area (Å²) in [5.41, 5.74) is 5.70. The fourth-order valence-corrected chi connectivity index (χ4v) is 4.20. The Balaban J connectivity index is 1.51. The molecule has 8 nitrogen and oxygen atoms in total. The number of aromatic nitrogens is 3. The number of hydrogen-bond acceptors (Lipinski definition) is 6. The van der Waals surface area contributed by atoms with E-state index in [9.17, 15) is 4.79 Å². The predicted octanol–water partition coefficient (Wildman–Crippen LogP) is 5.47. The van der Waals surface area contributed by atoms with Crippen molar-refractivity contribution in [2.75, 3.05) is 10.6 Å². The van der Waals surface area contributed by atoms with Crippen molar-refractivity contribution in [3.63, 3.8) is 0 Å². The van der Waals surface area contributed by atoms with Gasteiger partial charge in [-0.2, -0.15) is 0 Å². The smallest absolute Gasteiger partial charge is 0.251 e. The normalized spacial score (nSPS) is 13.1. The molecule has 174 valence electrons. The van der Waals surface area contributed by atoms with Gasteiger partial charge in [-0.25, -0.2) is 9.50 Å². The molecule has 2 aromatic carbocycles. The van der Waals surface area contributed by atoms with Gasteiger partial charge in [-0.1, -0.05) is 6.07 Å². The van der Waals surface area contributed by atoms with Crippen LogP contribution in [-0.4, -0.2) is 33.7 Å². The van der Waals surface area contributed by atoms with Crippen LogP contribution in [0.15, 0.2) is 48.7 Å². The number of anilines is 1. The molecule has 1 saturated carbocycles. The van der Waals surface area contributed by atoms with Crippen molar-refractivity contribution in [1.29, 1.82) is 0 Å². The fourth-order valence-electron chi connectivity index (χ4n) is 3.81. The second-order valence-corrected chi connectivity index (χ2v) is 8.92. The molecule has 0 atom stereocenters. The molecule has 9 heteroatoms. The van der Waals surface area contributed by atoms with E-state index in [-0.39, 0.29) is 5.91 Å². The van der Waals surface area contributed by atoms with Crippen molar-refractivity contribution in [2.24, 2.45) is 0 Å². The maximum absolute atomic E-state index is 12.5. The van der Waals surface area contributed by atoms with Crippen LogP contribution in [-0.2, 0) is 0 Å². The number of halogens is 1. The van der Waals surface area contributed by atoms with Gasteiger partial charge in [0.2, 0.25) is 5.88 Å². The highest BCUT2D eigenvalue weighted by atomic mass is 127. The monoisotopic (exact) mass is 569 g/mol. The van der Waals surface area contributed by atoms with E-state index >= 15 is 0 Å². The fraction of sp³-hybridized carbons (Fsp3) is 0.240. The number of fused-ring (bicyclic) bond motifs is 1. The number of carbonyl (C=O) groups is 1. The van der Waals surface area contributed by atoms with Crippen LogP contribution in [0, 0.1) is 13.8 Å². The number of benzene rings is 2. The second kappa shape index (κ2) is 9.13. The molecule has 0 spiro atoms. The number of rotatable bonds is 7. The maximum atomic E-state index is 12.5. The number of amides is 1. The molecule has 0 radical (unpaired) electrons. The van der Waals surface area contributed by atoms with Crippen LogP contribution in [0.25, 0.3) is 16.9 Å². The summed E-state index contributed by atoms with van der Waals surface area (Å²) in [5, 5.41) is 7.76. The first kappa shape index (κ1) is 22.5. The van der Waals surface area contributed by atoms with Crippen molar-refractivity contribution in [2.45, 2.75) is 32.7 Å². The molecular weight excluding hydrogens is 545 g/mol. The molecule has 5 rings (SSSR count). The van der Waals surface area contributed by atoms with E-state index in [2.05, 4.69) is 36.7 Å². The Labute approximate surface area is 211 Å². The zero-order valence-electron chi connectivity index (χ0n) is 19.1. The van der Waals surface area contributed by atoms with E-state index in [1.165, 1.54) is 0 Å². The predicted molar refractivity (Wildman–Crippen MR) is 139 cm³/mol. The molecule has 1 aliphatic carbocycles. The highest BCUT2D eigenvalue weighted by Gasteiger charge is 2.24. The van der Waals surface area contributed by atoms with Gasteiger partial charge in [0.15, 0.2) is 5.65 Å². The van der Waals surface area contributed by atoms with Crippen molar-refractivity contribution >= 4 is 40.1 Å². The van der Waals surface area contributed by atoms with Crippen LogP contribution >= 0.6 is 22.9 Å². The first-order chi connectivity index (χ1) is 16.5. The molecule has 4 aromatic rings. The van der Waals surface area contributed by atoms with Gasteiger partial charge in [0.1, 0.15) is 11.5 Å². The minimum absolute atomic E-state index is 0.0234. The Morgan fingerprint density at radius 3 is 2.62 bits per heavy atom. The Bertz CT molecular complexity index is 1400. The zero-order valence-corrected chi connectivity index (χ0v) is 21.2. The molecule has 0 unspecified atom stereocenters. The lowest BCUT2D eigenvalue weighted by atomic mass is 10.0. The molecular formula is C25H24IN5O3.